The SMILES string of the molecule is Cc1cc2nc(C(C(O)=S)(c3ccccc3)C(C(=O)O)c3ccccc3)[nH]c2cc1C. The number of aromatic nitrogens is 2. The van der Waals surface area contributed by atoms with E-state index in [1.807, 2.05) is 38.1 Å². The van der Waals surface area contributed by atoms with Gasteiger partial charge >= 0.3 is 5.97 Å². The van der Waals surface area contributed by atoms with Crippen LogP contribution in [0.2, 0.25) is 0 Å². The Morgan fingerprint density at radius 1 is 0.968 bits per heavy atom. The number of imidazole rings is 1. The average Bonchev–Trinajstić information content (AvgIpc) is 3.15. The van der Waals surface area contributed by atoms with Crippen molar-refractivity contribution >= 4 is 34.3 Å². The predicted octanol–water partition coefficient (Wildman–Crippen LogP) is 5.22. The van der Waals surface area contributed by atoms with Gasteiger partial charge in [0.25, 0.3) is 0 Å². The maximum Gasteiger partial charge on any atom is 0.312 e. The van der Waals surface area contributed by atoms with E-state index in [1.54, 1.807) is 48.5 Å². The van der Waals surface area contributed by atoms with Gasteiger partial charge in [-0.15, -0.1) is 0 Å². The van der Waals surface area contributed by atoms with Crippen molar-refractivity contribution < 1.29 is 15.0 Å². The zero-order chi connectivity index (χ0) is 22.2. The largest absolute Gasteiger partial charge is 0.501 e. The Morgan fingerprint density at radius 3 is 2.13 bits per heavy atom. The molecule has 0 aliphatic carbocycles. The Balaban J connectivity index is 2.11. The van der Waals surface area contributed by atoms with E-state index in [-0.39, 0.29) is 0 Å². The Kier molecular flexibility index (Phi) is 5.33. The summed E-state index contributed by atoms with van der Waals surface area (Å²) < 4.78 is 0. The highest BCUT2D eigenvalue weighted by Gasteiger charge is 2.53. The highest BCUT2D eigenvalue weighted by atomic mass is 32.1. The maximum atomic E-state index is 12.7. The van der Waals surface area contributed by atoms with Gasteiger partial charge in [0, 0.05) is 0 Å². The summed E-state index contributed by atoms with van der Waals surface area (Å²) in [5.74, 6) is -2.02. The van der Waals surface area contributed by atoms with E-state index in [2.05, 4.69) is 4.98 Å². The van der Waals surface area contributed by atoms with E-state index in [9.17, 15) is 15.0 Å². The molecule has 31 heavy (non-hydrogen) atoms. The Morgan fingerprint density at radius 2 is 1.55 bits per heavy atom. The molecule has 0 saturated carbocycles. The fourth-order valence-electron chi connectivity index (χ4n) is 4.17. The second kappa shape index (κ2) is 7.96. The summed E-state index contributed by atoms with van der Waals surface area (Å²) in [6, 6.07) is 21.7. The average molecular weight is 431 g/mol. The third-order valence-corrected chi connectivity index (χ3v) is 6.17. The molecule has 2 atom stereocenters. The number of aliphatic hydroxyl groups is 1. The second-order valence-electron chi connectivity index (χ2n) is 7.70. The number of nitrogens with zero attached hydrogens (tertiary/aromatic N) is 1. The van der Waals surface area contributed by atoms with E-state index in [4.69, 9.17) is 17.2 Å². The van der Waals surface area contributed by atoms with Crippen LogP contribution in [0.5, 0.6) is 0 Å². The van der Waals surface area contributed by atoms with Gasteiger partial charge < -0.3 is 15.2 Å². The van der Waals surface area contributed by atoms with E-state index < -0.39 is 22.4 Å². The first kappa shape index (κ1) is 20.8. The molecule has 5 nitrogen and oxygen atoms in total. The zero-order valence-corrected chi connectivity index (χ0v) is 18.0. The van der Waals surface area contributed by atoms with Gasteiger partial charge in [-0.2, -0.15) is 0 Å². The summed E-state index contributed by atoms with van der Waals surface area (Å²) in [6.45, 7) is 3.99. The van der Waals surface area contributed by atoms with E-state index in [0.717, 1.165) is 16.6 Å². The van der Waals surface area contributed by atoms with Crippen LogP contribution in [0.25, 0.3) is 11.0 Å². The molecule has 3 aromatic carbocycles. The smallest absolute Gasteiger partial charge is 0.312 e. The van der Waals surface area contributed by atoms with Gasteiger partial charge in [-0.3, -0.25) is 4.79 Å². The number of carboxylic acid groups (broad SMARTS) is 1. The van der Waals surface area contributed by atoms with Crippen molar-refractivity contribution in [2.45, 2.75) is 25.2 Å². The van der Waals surface area contributed by atoms with Gasteiger partial charge in [-0.25, -0.2) is 4.98 Å². The van der Waals surface area contributed by atoms with E-state index >= 15 is 0 Å². The minimum absolute atomic E-state index is 0.294. The van der Waals surface area contributed by atoms with Crippen LogP contribution in [-0.4, -0.2) is 31.2 Å². The second-order valence-corrected chi connectivity index (χ2v) is 8.09. The lowest BCUT2D eigenvalue weighted by molar-refractivity contribution is -0.139. The molecular formula is C25H22N2O3S. The number of carboxylic acids is 1. The topological polar surface area (TPSA) is 86.2 Å². The molecule has 0 saturated heterocycles. The molecule has 3 N–H and O–H groups in total. The lowest BCUT2D eigenvalue weighted by atomic mass is 9.67. The van der Waals surface area contributed by atoms with Crippen LogP contribution in [0.15, 0.2) is 72.8 Å². The predicted molar refractivity (Wildman–Crippen MR) is 125 cm³/mol. The van der Waals surface area contributed by atoms with Crippen molar-refractivity contribution in [3.05, 3.63) is 101 Å². The van der Waals surface area contributed by atoms with Crippen molar-refractivity contribution in [2.24, 2.45) is 0 Å². The van der Waals surface area contributed by atoms with Crippen LogP contribution < -0.4 is 0 Å². The Labute approximate surface area is 185 Å². The Hall–Kier alpha value is -3.51. The zero-order valence-electron chi connectivity index (χ0n) is 17.2. The number of rotatable bonds is 6. The standard InChI is InChI=1S/C25H22N2O3S/c1-15-13-19-20(14-16(15)2)27-23(26-19)25(24(30)31,18-11-7-4-8-12-18)21(22(28)29)17-9-5-3-6-10-17/h3-14,21H,1-2H3,(H,26,27)(H,28,29)(H,30,31). The van der Waals surface area contributed by atoms with Gasteiger partial charge in [0.1, 0.15) is 17.2 Å². The van der Waals surface area contributed by atoms with Crippen LogP contribution in [0, 0.1) is 13.8 Å². The number of aliphatic hydroxyl groups excluding tert-OH is 1. The minimum atomic E-state index is -1.59. The first-order valence-electron chi connectivity index (χ1n) is 9.89. The third-order valence-electron chi connectivity index (χ3n) is 5.85. The van der Waals surface area contributed by atoms with Gasteiger partial charge in [0.15, 0.2) is 5.05 Å². The first-order valence-corrected chi connectivity index (χ1v) is 10.3. The molecule has 156 valence electrons. The van der Waals surface area contributed by atoms with Crippen LogP contribution in [0.3, 0.4) is 0 Å². The molecule has 0 spiro atoms. The molecule has 0 amide bonds. The minimum Gasteiger partial charge on any atom is -0.501 e. The molecule has 0 aliphatic heterocycles. The number of thiocarbonyl (C=S) groups is 1. The number of hydrogen-bond donors (Lipinski definition) is 3. The van der Waals surface area contributed by atoms with Gasteiger partial charge in [0.2, 0.25) is 0 Å². The molecule has 0 bridgehead atoms. The normalized spacial score (nSPS) is 14.1. The molecule has 0 radical (unpaired) electrons. The lowest BCUT2D eigenvalue weighted by Crippen LogP contribution is -2.46. The number of aryl methyl sites for hydroxylation is 2. The van der Waals surface area contributed by atoms with Crippen molar-refractivity contribution in [3.8, 4) is 0 Å². The summed E-state index contributed by atoms with van der Waals surface area (Å²) >= 11 is 5.38. The van der Waals surface area contributed by atoms with Crippen LogP contribution in [-0.2, 0) is 10.2 Å². The van der Waals surface area contributed by atoms with Gasteiger partial charge in [-0.05, 0) is 60.5 Å². The fourth-order valence-corrected chi connectivity index (χ4v) is 4.50. The molecule has 4 aromatic rings. The van der Waals surface area contributed by atoms with Crippen LogP contribution in [0.4, 0.5) is 0 Å². The molecule has 1 aromatic heterocycles. The molecular weight excluding hydrogens is 408 g/mol. The van der Waals surface area contributed by atoms with E-state index in [1.165, 1.54) is 0 Å². The number of aromatic amines is 1. The number of aliphatic carboxylic acids is 1. The van der Waals surface area contributed by atoms with Crippen molar-refractivity contribution in [1.82, 2.24) is 9.97 Å². The Bertz CT molecular complexity index is 1230. The number of hydrogen-bond acceptors (Lipinski definition) is 3. The molecule has 0 aliphatic rings. The third kappa shape index (κ3) is 3.39. The monoisotopic (exact) mass is 430 g/mol. The first-order chi connectivity index (χ1) is 14.9. The number of H-pyrrole nitrogens is 1. The highest BCUT2D eigenvalue weighted by molar-refractivity contribution is 7.80. The maximum absolute atomic E-state index is 12.7. The number of fused-ring (bicyclic) bond motifs is 1. The molecule has 4 rings (SSSR count). The highest BCUT2D eigenvalue weighted by Crippen LogP contribution is 2.45. The lowest BCUT2D eigenvalue weighted by Gasteiger charge is -2.36. The van der Waals surface area contributed by atoms with Crippen molar-refractivity contribution in [2.75, 3.05) is 0 Å². The van der Waals surface area contributed by atoms with E-state index in [0.29, 0.717) is 22.5 Å². The molecule has 1 heterocycles. The van der Waals surface area contributed by atoms with Crippen molar-refractivity contribution in [1.29, 1.82) is 0 Å². The quantitative estimate of drug-likeness (QED) is 0.365. The number of carbonyl (C=O) groups is 1. The molecule has 0 fully saturated rings. The number of benzene rings is 3. The number of nitrogens with one attached hydrogen (secondary N) is 1. The molecule has 2 unspecified atom stereocenters. The summed E-state index contributed by atoms with van der Waals surface area (Å²) in [5.41, 5.74) is 3.07. The summed E-state index contributed by atoms with van der Waals surface area (Å²) in [7, 11) is 0. The van der Waals surface area contributed by atoms with Crippen molar-refractivity contribution in [3.63, 3.8) is 0 Å². The van der Waals surface area contributed by atoms with Crippen LogP contribution in [0.1, 0.15) is 34.0 Å². The fraction of sp³-hybridized carbons (Fsp3) is 0.160. The van der Waals surface area contributed by atoms with Crippen LogP contribution >= 0.6 is 12.2 Å². The molecule has 6 heteroatoms. The summed E-state index contributed by atoms with van der Waals surface area (Å²) in [5, 5.41) is 20.9. The van der Waals surface area contributed by atoms with Gasteiger partial charge in [0.05, 0.1) is 11.0 Å². The summed E-state index contributed by atoms with van der Waals surface area (Å²) in [6.07, 6.45) is 0. The van der Waals surface area contributed by atoms with Gasteiger partial charge in [-0.1, -0.05) is 60.7 Å². The summed E-state index contributed by atoms with van der Waals surface area (Å²) in [4.78, 5) is 20.7.